The van der Waals surface area contributed by atoms with Crippen LogP contribution < -0.4 is 4.90 Å². The molecule has 4 rings (SSSR count). The molecule has 5 nitrogen and oxygen atoms in total. The molecule has 0 aromatic heterocycles. The summed E-state index contributed by atoms with van der Waals surface area (Å²) in [5.74, 6) is -1.34. The van der Waals surface area contributed by atoms with Crippen LogP contribution in [0.4, 0.5) is 5.69 Å². The first-order chi connectivity index (χ1) is 15.0. The summed E-state index contributed by atoms with van der Waals surface area (Å²) in [6.07, 6.45) is 0.0425. The van der Waals surface area contributed by atoms with Crippen LogP contribution >= 0.6 is 0 Å². The first-order valence-electron chi connectivity index (χ1n) is 10.3. The van der Waals surface area contributed by atoms with Gasteiger partial charge in [0.05, 0.1) is 7.11 Å². The van der Waals surface area contributed by atoms with E-state index in [0.29, 0.717) is 11.3 Å². The molecule has 0 spiro atoms. The molecule has 1 fully saturated rings. The van der Waals surface area contributed by atoms with Crippen LogP contribution in [0.2, 0.25) is 0 Å². The maximum absolute atomic E-state index is 13.8. The van der Waals surface area contributed by atoms with Gasteiger partial charge in [0.1, 0.15) is 6.04 Å². The molecule has 0 saturated carbocycles. The number of hydrogen-bond acceptors (Lipinski definition) is 5. The zero-order valence-electron chi connectivity index (χ0n) is 17.6. The van der Waals surface area contributed by atoms with Crippen LogP contribution in [0.15, 0.2) is 84.9 Å². The van der Waals surface area contributed by atoms with Crippen molar-refractivity contribution in [2.45, 2.75) is 31.0 Å². The predicted molar refractivity (Wildman–Crippen MR) is 119 cm³/mol. The van der Waals surface area contributed by atoms with Gasteiger partial charge in [-0.3, -0.25) is 4.79 Å². The highest BCUT2D eigenvalue weighted by molar-refractivity contribution is 6.05. The number of aliphatic hydroxyl groups is 1. The minimum absolute atomic E-state index is 0.0425. The fraction of sp³-hybridized carbons (Fsp3) is 0.231. The van der Waals surface area contributed by atoms with Crippen molar-refractivity contribution in [3.63, 3.8) is 0 Å². The molecule has 31 heavy (non-hydrogen) atoms. The zero-order valence-corrected chi connectivity index (χ0v) is 17.6. The molecule has 0 aliphatic carbocycles. The number of Topliss-reactive ketones (excluding diaryl/α,β-unsaturated/α-hetero) is 1. The highest BCUT2D eigenvalue weighted by atomic mass is 16.5. The lowest BCUT2D eigenvalue weighted by molar-refractivity contribution is -0.161. The molecule has 158 valence electrons. The normalized spacial score (nSPS) is 22.9. The number of methoxy groups -OCH3 is 1. The van der Waals surface area contributed by atoms with Gasteiger partial charge in [-0.25, -0.2) is 4.79 Å². The number of ether oxygens (including phenoxy) is 1. The summed E-state index contributed by atoms with van der Waals surface area (Å²) < 4.78 is 4.98. The van der Waals surface area contributed by atoms with Gasteiger partial charge in [-0.05, 0) is 24.6 Å². The van der Waals surface area contributed by atoms with E-state index in [0.717, 1.165) is 11.1 Å². The van der Waals surface area contributed by atoms with E-state index >= 15 is 0 Å². The maximum atomic E-state index is 13.8. The lowest BCUT2D eigenvalue weighted by atomic mass is 9.86. The fourth-order valence-electron chi connectivity index (χ4n) is 4.42. The Balaban J connectivity index is 1.91. The topological polar surface area (TPSA) is 66.8 Å². The number of carbonyl (C=O) groups is 2. The van der Waals surface area contributed by atoms with E-state index in [2.05, 4.69) is 0 Å². The first kappa shape index (κ1) is 20.8. The molecule has 1 aliphatic rings. The molecule has 0 amide bonds. The van der Waals surface area contributed by atoms with Crippen molar-refractivity contribution in [2.75, 3.05) is 12.0 Å². The summed E-state index contributed by atoms with van der Waals surface area (Å²) in [4.78, 5) is 28.1. The van der Waals surface area contributed by atoms with Crippen LogP contribution in [-0.2, 0) is 9.53 Å². The first-order valence-corrected chi connectivity index (χ1v) is 10.3. The van der Waals surface area contributed by atoms with Crippen molar-refractivity contribution >= 4 is 17.4 Å². The van der Waals surface area contributed by atoms with Gasteiger partial charge in [0.25, 0.3) is 0 Å². The standard InChI is InChI=1S/C26H25NO4/c1-18-13-15-19(16-14-18)22-17-26(30,25(29)31-2)27(21-11-7-4-8-12-21)23(22)24(28)20-9-5-3-6-10-20/h3-16,22-23,30H,17H2,1-2H3/t22-,23+,26-/m0/s1. The summed E-state index contributed by atoms with van der Waals surface area (Å²) in [7, 11) is 1.25. The van der Waals surface area contributed by atoms with E-state index in [4.69, 9.17) is 4.74 Å². The number of anilines is 1. The van der Waals surface area contributed by atoms with Crippen LogP contribution in [-0.4, -0.2) is 35.7 Å². The Morgan fingerprint density at radius 1 is 0.935 bits per heavy atom. The molecule has 5 heteroatoms. The number of aryl methyl sites for hydroxylation is 1. The average Bonchev–Trinajstić information content (AvgIpc) is 3.14. The Morgan fingerprint density at radius 3 is 2.10 bits per heavy atom. The number of rotatable bonds is 5. The molecule has 1 N–H and O–H groups in total. The van der Waals surface area contributed by atoms with E-state index in [1.807, 2.05) is 67.6 Å². The third kappa shape index (κ3) is 3.73. The Kier molecular flexibility index (Phi) is 5.61. The number of benzene rings is 3. The predicted octanol–water partition coefficient (Wildman–Crippen LogP) is 4.10. The molecule has 1 saturated heterocycles. The highest BCUT2D eigenvalue weighted by Gasteiger charge is 2.59. The Hall–Kier alpha value is -3.44. The number of para-hydroxylation sites is 1. The van der Waals surface area contributed by atoms with Crippen molar-refractivity contribution in [3.05, 3.63) is 102 Å². The van der Waals surface area contributed by atoms with Crippen molar-refractivity contribution < 1.29 is 19.4 Å². The highest BCUT2D eigenvalue weighted by Crippen LogP contribution is 2.46. The second kappa shape index (κ2) is 8.36. The second-order valence-electron chi connectivity index (χ2n) is 7.91. The third-order valence-electron chi connectivity index (χ3n) is 5.94. The van der Waals surface area contributed by atoms with Gasteiger partial charge >= 0.3 is 5.97 Å². The van der Waals surface area contributed by atoms with Gasteiger partial charge in [-0.15, -0.1) is 0 Å². The minimum atomic E-state index is -1.97. The van der Waals surface area contributed by atoms with Crippen LogP contribution in [0, 0.1) is 6.92 Å². The minimum Gasteiger partial charge on any atom is -0.465 e. The summed E-state index contributed by atoms with van der Waals surface area (Å²) in [5.41, 5.74) is 1.12. The lowest BCUT2D eigenvalue weighted by Gasteiger charge is -2.36. The van der Waals surface area contributed by atoms with E-state index < -0.39 is 23.7 Å². The molecule has 3 aromatic carbocycles. The second-order valence-corrected chi connectivity index (χ2v) is 7.91. The molecule has 0 radical (unpaired) electrons. The van der Waals surface area contributed by atoms with Crippen LogP contribution in [0.1, 0.15) is 33.8 Å². The Labute approximate surface area is 181 Å². The van der Waals surface area contributed by atoms with Gasteiger partial charge in [-0.1, -0.05) is 78.4 Å². The van der Waals surface area contributed by atoms with Crippen LogP contribution in [0.25, 0.3) is 0 Å². The van der Waals surface area contributed by atoms with Gasteiger partial charge in [0, 0.05) is 23.6 Å². The molecule has 3 atom stereocenters. The number of carbonyl (C=O) groups excluding carboxylic acids is 2. The largest absolute Gasteiger partial charge is 0.465 e. The quantitative estimate of drug-likeness (QED) is 0.502. The van der Waals surface area contributed by atoms with E-state index in [1.54, 1.807) is 24.3 Å². The van der Waals surface area contributed by atoms with Crippen molar-refractivity contribution in [1.82, 2.24) is 0 Å². The van der Waals surface area contributed by atoms with E-state index in [-0.39, 0.29) is 12.2 Å². The fourth-order valence-corrected chi connectivity index (χ4v) is 4.42. The van der Waals surface area contributed by atoms with Crippen molar-refractivity contribution in [3.8, 4) is 0 Å². The summed E-state index contributed by atoms with van der Waals surface area (Å²) in [6.45, 7) is 1.99. The van der Waals surface area contributed by atoms with Gasteiger partial charge in [0.15, 0.2) is 5.78 Å². The molecule has 1 aliphatic heterocycles. The molecule has 1 heterocycles. The Morgan fingerprint density at radius 2 is 1.52 bits per heavy atom. The lowest BCUT2D eigenvalue weighted by Crippen LogP contribution is -2.55. The van der Waals surface area contributed by atoms with E-state index in [1.165, 1.54) is 12.0 Å². The number of esters is 1. The maximum Gasteiger partial charge on any atom is 0.359 e. The van der Waals surface area contributed by atoms with Crippen LogP contribution in [0.5, 0.6) is 0 Å². The number of ketones is 1. The SMILES string of the molecule is COC(=O)[C@@]1(O)C[C@@H](c2ccc(C)cc2)[C@H](C(=O)c2ccccc2)N1c1ccccc1. The average molecular weight is 415 g/mol. The van der Waals surface area contributed by atoms with Gasteiger partial charge in [-0.2, -0.15) is 0 Å². The summed E-state index contributed by atoms with van der Waals surface area (Å²) in [6, 6.07) is 25.1. The molecular weight excluding hydrogens is 390 g/mol. The zero-order chi connectivity index (χ0) is 22.0. The molecular formula is C26H25NO4. The van der Waals surface area contributed by atoms with Gasteiger partial charge in [0.2, 0.25) is 5.72 Å². The van der Waals surface area contributed by atoms with Gasteiger partial charge < -0.3 is 14.7 Å². The summed E-state index contributed by atoms with van der Waals surface area (Å²) >= 11 is 0. The molecule has 3 aromatic rings. The van der Waals surface area contributed by atoms with E-state index in [9.17, 15) is 14.7 Å². The monoisotopic (exact) mass is 415 g/mol. The van der Waals surface area contributed by atoms with Crippen molar-refractivity contribution in [2.24, 2.45) is 0 Å². The van der Waals surface area contributed by atoms with Crippen molar-refractivity contribution in [1.29, 1.82) is 0 Å². The summed E-state index contributed by atoms with van der Waals surface area (Å²) in [5, 5.41) is 11.6. The number of hydrogen-bond donors (Lipinski definition) is 1. The number of nitrogens with zero attached hydrogens (tertiary/aromatic N) is 1. The molecule has 0 bridgehead atoms. The molecule has 0 unspecified atom stereocenters. The smallest absolute Gasteiger partial charge is 0.359 e. The Bertz CT molecular complexity index is 1070. The van der Waals surface area contributed by atoms with Crippen LogP contribution in [0.3, 0.4) is 0 Å². The third-order valence-corrected chi connectivity index (χ3v) is 5.94.